The lowest BCUT2D eigenvalue weighted by molar-refractivity contribution is -0.109. The number of alkyl halides is 1. The van der Waals surface area contributed by atoms with Crippen molar-refractivity contribution in [3.05, 3.63) is 0 Å². The molecule has 1 fully saturated rings. The third kappa shape index (κ3) is 1.01. The van der Waals surface area contributed by atoms with Gasteiger partial charge in [-0.05, 0) is 0 Å². The van der Waals surface area contributed by atoms with E-state index in [0.29, 0.717) is 0 Å². The first-order valence-corrected chi connectivity index (χ1v) is 2.94. The van der Waals surface area contributed by atoms with Crippen molar-refractivity contribution >= 4 is 0 Å². The molecule has 0 bridgehead atoms. The molecule has 60 valence electrons. The van der Waals surface area contributed by atoms with Gasteiger partial charge in [0.25, 0.3) is 0 Å². The molecular weight excluding hydrogens is 141 g/mol. The standard InChI is InChI=1S/C5H10FNO3/c6-3-1-10-2-5(3,7)4(8)9/h3-4,8-9H,1-2,7H2/t3-,5-/m0/s1. The Balaban J connectivity index is 2.66. The van der Waals surface area contributed by atoms with Gasteiger partial charge < -0.3 is 20.7 Å². The van der Waals surface area contributed by atoms with Crippen LogP contribution in [0.4, 0.5) is 4.39 Å². The predicted octanol–water partition coefficient (Wildman–Crippen LogP) is -1.64. The van der Waals surface area contributed by atoms with Crippen LogP contribution in [0, 0.1) is 0 Å². The number of hydrogen-bond acceptors (Lipinski definition) is 4. The van der Waals surface area contributed by atoms with Crippen LogP contribution in [0.2, 0.25) is 0 Å². The maximum absolute atomic E-state index is 12.7. The number of nitrogens with two attached hydrogens (primary N) is 1. The minimum Gasteiger partial charge on any atom is -0.376 e. The van der Waals surface area contributed by atoms with Gasteiger partial charge in [-0.25, -0.2) is 4.39 Å². The predicted molar refractivity (Wildman–Crippen MR) is 30.9 cm³/mol. The van der Waals surface area contributed by atoms with Gasteiger partial charge in [0.15, 0.2) is 6.29 Å². The van der Waals surface area contributed by atoms with Crippen molar-refractivity contribution in [1.29, 1.82) is 0 Å². The van der Waals surface area contributed by atoms with Crippen LogP contribution >= 0.6 is 0 Å². The molecule has 1 aliphatic rings. The van der Waals surface area contributed by atoms with Gasteiger partial charge in [-0.2, -0.15) is 0 Å². The summed E-state index contributed by atoms with van der Waals surface area (Å²) in [5.74, 6) is 0. The van der Waals surface area contributed by atoms with Crippen LogP contribution in [0.1, 0.15) is 0 Å². The van der Waals surface area contributed by atoms with Crippen LogP contribution in [0.15, 0.2) is 0 Å². The topological polar surface area (TPSA) is 75.7 Å². The Labute approximate surface area is 57.4 Å². The van der Waals surface area contributed by atoms with E-state index in [2.05, 4.69) is 4.74 Å². The van der Waals surface area contributed by atoms with E-state index in [1.54, 1.807) is 0 Å². The molecule has 4 N–H and O–H groups in total. The number of ether oxygens (including phenoxy) is 1. The van der Waals surface area contributed by atoms with Crippen LogP contribution in [0.5, 0.6) is 0 Å². The van der Waals surface area contributed by atoms with Crippen LogP contribution in [-0.4, -0.2) is 41.4 Å². The smallest absolute Gasteiger partial charge is 0.175 e. The fourth-order valence-corrected chi connectivity index (χ4v) is 0.821. The van der Waals surface area contributed by atoms with E-state index < -0.39 is 18.0 Å². The van der Waals surface area contributed by atoms with E-state index in [0.717, 1.165) is 0 Å². The summed E-state index contributed by atoms with van der Waals surface area (Å²) in [5, 5.41) is 17.2. The molecule has 4 nitrogen and oxygen atoms in total. The Kier molecular flexibility index (Phi) is 1.91. The van der Waals surface area contributed by atoms with E-state index >= 15 is 0 Å². The minimum absolute atomic E-state index is 0.147. The molecule has 1 rings (SSSR count). The first-order chi connectivity index (χ1) is 4.57. The van der Waals surface area contributed by atoms with E-state index in [1.807, 2.05) is 0 Å². The number of halogens is 1. The molecule has 0 aliphatic carbocycles. The quantitative estimate of drug-likeness (QED) is 0.393. The van der Waals surface area contributed by atoms with Gasteiger partial charge in [0.2, 0.25) is 0 Å². The Morgan fingerprint density at radius 3 is 2.50 bits per heavy atom. The first kappa shape index (κ1) is 7.87. The van der Waals surface area contributed by atoms with Crippen LogP contribution in [0.25, 0.3) is 0 Å². The molecule has 0 amide bonds. The number of rotatable bonds is 1. The number of aliphatic hydroxyl groups excluding tert-OH is 1. The van der Waals surface area contributed by atoms with E-state index in [9.17, 15) is 4.39 Å². The average Bonchev–Trinajstić information content (AvgIpc) is 2.15. The molecule has 0 aromatic rings. The second kappa shape index (κ2) is 2.43. The lowest BCUT2D eigenvalue weighted by Crippen LogP contribution is -2.57. The van der Waals surface area contributed by atoms with Crippen LogP contribution in [0.3, 0.4) is 0 Å². The van der Waals surface area contributed by atoms with Crippen molar-refractivity contribution < 1.29 is 19.3 Å². The Morgan fingerprint density at radius 2 is 2.30 bits per heavy atom. The van der Waals surface area contributed by atoms with Crippen LogP contribution < -0.4 is 5.73 Å². The maximum Gasteiger partial charge on any atom is 0.175 e. The van der Waals surface area contributed by atoms with Gasteiger partial charge in [-0.15, -0.1) is 0 Å². The van der Waals surface area contributed by atoms with Gasteiger partial charge in [0.1, 0.15) is 11.7 Å². The summed E-state index contributed by atoms with van der Waals surface area (Å²) in [7, 11) is 0. The second-order valence-corrected chi connectivity index (χ2v) is 2.47. The van der Waals surface area contributed by atoms with E-state index in [-0.39, 0.29) is 13.2 Å². The van der Waals surface area contributed by atoms with Gasteiger partial charge in [0.05, 0.1) is 13.2 Å². The summed E-state index contributed by atoms with van der Waals surface area (Å²) in [6.07, 6.45) is -3.35. The minimum atomic E-state index is -1.86. The number of aliphatic hydroxyl groups is 2. The molecule has 1 aliphatic heterocycles. The summed E-state index contributed by atoms with van der Waals surface area (Å²) in [4.78, 5) is 0. The molecular formula is C5H10FNO3. The van der Waals surface area contributed by atoms with E-state index in [1.165, 1.54) is 0 Å². The molecule has 0 aromatic carbocycles. The van der Waals surface area contributed by atoms with Crippen LogP contribution in [-0.2, 0) is 4.74 Å². The summed E-state index contributed by atoms with van der Waals surface area (Å²) in [6, 6.07) is 0. The zero-order valence-corrected chi connectivity index (χ0v) is 5.33. The SMILES string of the molecule is N[C@@]1(C(O)O)COC[C@@H]1F. The van der Waals surface area contributed by atoms with Crippen molar-refractivity contribution in [3.63, 3.8) is 0 Å². The molecule has 0 unspecified atom stereocenters. The average molecular weight is 151 g/mol. The lowest BCUT2D eigenvalue weighted by Gasteiger charge is -2.25. The molecule has 10 heavy (non-hydrogen) atoms. The van der Waals surface area contributed by atoms with Gasteiger partial charge in [0, 0.05) is 0 Å². The summed E-state index contributed by atoms with van der Waals surface area (Å²) in [5.41, 5.74) is 3.62. The first-order valence-electron chi connectivity index (χ1n) is 2.94. The third-order valence-electron chi connectivity index (χ3n) is 1.68. The highest BCUT2D eigenvalue weighted by molar-refractivity contribution is 4.97. The Hall–Kier alpha value is -0.230. The molecule has 2 atom stereocenters. The van der Waals surface area contributed by atoms with Gasteiger partial charge >= 0.3 is 0 Å². The van der Waals surface area contributed by atoms with Crippen molar-refractivity contribution in [2.75, 3.05) is 13.2 Å². The summed E-state index contributed by atoms with van der Waals surface area (Å²) in [6.45, 7) is -0.306. The fourth-order valence-electron chi connectivity index (χ4n) is 0.821. The van der Waals surface area contributed by atoms with Gasteiger partial charge in [-0.3, -0.25) is 0 Å². The number of hydrogen-bond donors (Lipinski definition) is 3. The molecule has 0 saturated carbocycles. The molecule has 0 aromatic heterocycles. The summed E-state index contributed by atoms with van der Waals surface area (Å²) < 4.78 is 17.3. The zero-order valence-electron chi connectivity index (χ0n) is 5.33. The fraction of sp³-hybridized carbons (Fsp3) is 1.00. The van der Waals surface area contributed by atoms with E-state index in [4.69, 9.17) is 15.9 Å². The van der Waals surface area contributed by atoms with Crippen molar-refractivity contribution in [1.82, 2.24) is 0 Å². The molecule has 0 radical (unpaired) electrons. The Bertz CT molecular complexity index is 132. The van der Waals surface area contributed by atoms with Crippen molar-refractivity contribution in [2.45, 2.75) is 18.0 Å². The molecule has 1 saturated heterocycles. The monoisotopic (exact) mass is 151 g/mol. The lowest BCUT2D eigenvalue weighted by atomic mass is 9.98. The normalized spacial score (nSPS) is 41.1. The molecule has 0 spiro atoms. The second-order valence-electron chi connectivity index (χ2n) is 2.47. The highest BCUT2D eigenvalue weighted by Gasteiger charge is 2.46. The molecule has 5 heteroatoms. The maximum atomic E-state index is 12.7. The summed E-state index contributed by atoms with van der Waals surface area (Å²) >= 11 is 0. The Morgan fingerprint density at radius 1 is 1.70 bits per heavy atom. The zero-order chi connectivity index (χ0) is 7.78. The van der Waals surface area contributed by atoms with Gasteiger partial charge in [-0.1, -0.05) is 0 Å². The van der Waals surface area contributed by atoms with Crippen molar-refractivity contribution in [3.8, 4) is 0 Å². The third-order valence-corrected chi connectivity index (χ3v) is 1.68. The molecule has 1 heterocycles. The largest absolute Gasteiger partial charge is 0.376 e. The highest BCUT2D eigenvalue weighted by Crippen LogP contribution is 2.21. The highest BCUT2D eigenvalue weighted by atomic mass is 19.1. The van der Waals surface area contributed by atoms with Crippen molar-refractivity contribution in [2.24, 2.45) is 5.73 Å².